The van der Waals surface area contributed by atoms with E-state index in [9.17, 15) is 4.39 Å². The second-order valence-corrected chi connectivity index (χ2v) is 5.48. The van der Waals surface area contributed by atoms with E-state index in [0.29, 0.717) is 5.92 Å². The Bertz CT molecular complexity index is 377. The first-order valence-corrected chi connectivity index (χ1v) is 6.60. The fourth-order valence-electron chi connectivity index (χ4n) is 3.05. The van der Waals surface area contributed by atoms with Crippen molar-refractivity contribution in [2.24, 2.45) is 11.3 Å². The predicted octanol–water partition coefficient (Wildman–Crippen LogP) is 3.39. The Labute approximate surface area is 103 Å². The van der Waals surface area contributed by atoms with Gasteiger partial charge in [0, 0.05) is 0 Å². The van der Waals surface area contributed by atoms with Gasteiger partial charge in [-0.15, -0.1) is 0 Å². The van der Waals surface area contributed by atoms with E-state index in [1.165, 1.54) is 0 Å². The molecule has 1 nitrogen and oxygen atoms in total. The Morgan fingerprint density at radius 2 is 2.18 bits per heavy atom. The van der Waals surface area contributed by atoms with Crippen LogP contribution in [0.3, 0.4) is 0 Å². The van der Waals surface area contributed by atoms with Gasteiger partial charge in [-0.25, -0.2) is 4.39 Å². The number of piperidine rings is 1. The molecule has 1 saturated heterocycles. The van der Waals surface area contributed by atoms with Crippen LogP contribution in [0.15, 0.2) is 24.3 Å². The second-order valence-electron chi connectivity index (χ2n) is 5.48. The van der Waals surface area contributed by atoms with Crippen molar-refractivity contribution in [1.82, 2.24) is 5.32 Å². The van der Waals surface area contributed by atoms with Crippen molar-refractivity contribution in [3.63, 3.8) is 0 Å². The normalized spacial score (nSPS) is 29.2. The van der Waals surface area contributed by atoms with Gasteiger partial charge < -0.3 is 5.32 Å². The van der Waals surface area contributed by atoms with E-state index >= 15 is 0 Å². The molecule has 1 aliphatic heterocycles. The average Bonchev–Trinajstić information content (AvgIpc) is 2.32. The largest absolute Gasteiger partial charge is 0.316 e. The van der Waals surface area contributed by atoms with Gasteiger partial charge in [0.25, 0.3) is 0 Å². The van der Waals surface area contributed by atoms with Gasteiger partial charge in [-0.1, -0.05) is 38.5 Å². The SMILES string of the molecule is CCC1CNCCC1(C)Cc1ccccc1F. The van der Waals surface area contributed by atoms with Gasteiger partial charge in [0.2, 0.25) is 0 Å². The van der Waals surface area contributed by atoms with Crippen molar-refractivity contribution < 1.29 is 4.39 Å². The van der Waals surface area contributed by atoms with Crippen LogP contribution in [0.1, 0.15) is 32.3 Å². The third-order valence-electron chi connectivity index (χ3n) is 4.29. The summed E-state index contributed by atoms with van der Waals surface area (Å²) in [6.07, 6.45) is 3.16. The number of rotatable bonds is 3. The summed E-state index contributed by atoms with van der Waals surface area (Å²) in [6, 6.07) is 7.20. The molecule has 94 valence electrons. The van der Waals surface area contributed by atoms with Crippen LogP contribution in [0, 0.1) is 17.2 Å². The molecule has 0 bridgehead atoms. The summed E-state index contributed by atoms with van der Waals surface area (Å²) in [4.78, 5) is 0. The van der Waals surface area contributed by atoms with Gasteiger partial charge in [-0.05, 0) is 48.9 Å². The highest BCUT2D eigenvalue weighted by Crippen LogP contribution is 2.39. The Morgan fingerprint density at radius 1 is 1.41 bits per heavy atom. The van der Waals surface area contributed by atoms with E-state index in [0.717, 1.165) is 37.9 Å². The van der Waals surface area contributed by atoms with Crippen LogP contribution < -0.4 is 5.32 Å². The van der Waals surface area contributed by atoms with Crippen molar-refractivity contribution in [1.29, 1.82) is 0 Å². The van der Waals surface area contributed by atoms with Crippen LogP contribution in [0.25, 0.3) is 0 Å². The number of benzene rings is 1. The lowest BCUT2D eigenvalue weighted by Gasteiger charge is -2.42. The summed E-state index contributed by atoms with van der Waals surface area (Å²) >= 11 is 0. The fraction of sp³-hybridized carbons (Fsp3) is 0.600. The molecule has 2 unspecified atom stereocenters. The Balaban J connectivity index is 2.18. The molecule has 1 fully saturated rings. The van der Waals surface area contributed by atoms with E-state index in [-0.39, 0.29) is 11.2 Å². The third-order valence-corrected chi connectivity index (χ3v) is 4.29. The van der Waals surface area contributed by atoms with Crippen LogP contribution >= 0.6 is 0 Å². The summed E-state index contributed by atoms with van der Waals surface area (Å²) in [5, 5.41) is 3.45. The van der Waals surface area contributed by atoms with Gasteiger partial charge in [0.15, 0.2) is 0 Å². The van der Waals surface area contributed by atoms with Crippen molar-refractivity contribution in [3.8, 4) is 0 Å². The number of halogens is 1. The van der Waals surface area contributed by atoms with Gasteiger partial charge in [0.05, 0.1) is 0 Å². The first-order valence-electron chi connectivity index (χ1n) is 6.60. The van der Waals surface area contributed by atoms with E-state index in [1.54, 1.807) is 12.1 Å². The molecule has 0 saturated carbocycles. The summed E-state index contributed by atoms with van der Waals surface area (Å²) < 4.78 is 13.7. The lowest BCUT2D eigenvalue weighted by molar-refractivity contribution is 0.124. The maximum absolute atomic E-state index is 13.7. The Kier molecular flexibility index (Phi) is 3.82. The minimum Gasteiger partial charge on any atom is -0.316 e. The highest BCUT2D eigenvalue weighted by Gasteiger charge is 2.35. The summed E-state index contributed by atoms with van der Waals surface area (Å²) in [5.41, 5.74) is 1.11. The molecule has 2 heteroatoms. The molecule has 1 aromatic rings. The maximum Gasteiger partial charge on any atom is 0.126 e. The minimum absolute atomic E-state index is 0.0536. The average molecular weight is 235 g/mol. The molecule has 0 radical (unpaired) electrons. The van der Waals surface area contributed by atoms with Gasteiger partial charge >= 0.3 is 0 Å². The zero-order chi connectivity index (χ0) is 12.3. The standard InChI is InChI=1S/C15H22FN/c1-3-13-11-17-9-8-15(13,2)10-12-6-4-5-7-14(12)16/h4-7,13,17H,3,8-11H2,1-2H3. The van der Waals surface area contributed by atoms with Crippen molar-refractivity contribution in [2.45, 2.75) is 33.1 Å². The number of hydrogen-bond donors (Lipinski definition) is 1. The Morgan fingerprint density at radius 3 is 2.88 bits per heavy atom. The zero-order valence-electron chi connectivity index (χ0n) is 10.8. The van der Waals surface area contributed by atoms with Crippen molar-refractivity contribution >= 4 is 0 Å². The van der Waals surface area contributed by atoms with E-state index < -0.39 is 0 Å². The zero-order valence-corrected chi connectivity index (χ0v) is 10.8. The quantitative estimate of drug-likeness (QED) is 0.846. The molecule has 1 N–H and O–H groups in total. The Hall–Kier alpha value is -0.890. The van der Waals surface area contributed by atoms with Gasteiger partial charge in [0.1, 0.15) is 5.82 Å². The molecular formula is C15H22FN. The summed E-state index contributed by atoms with van der Waals surface area (Å²) in [7, 11) is 0. The molecule has 1 aromatic carbocycles. The highest BCUT2D eigenvalue weighted by molar-refractivity contribution is 5.19. The molecule has 2 rings (SSSR count). The maximum atomic E-state index is 13.7. The minimum atomic E-state index is -0.0536. The number of hydrogen-bond acceptors (Lipinski definition) is 1. The molecule has 0 aromatic heterocycles. The van der Waals surface area contributed by atoms with Crippen LogP contribution in [0.4, 0.5) is 4.39 Å². The van der Waals surface area contributed by atoms with Crippen LogP contribution in [-0.2, 0) is 6.42 Å². The van der Waals surface area contributed by atoms with Gasteiger partial charge in [-0.2, -0.15) is 0 Å². The predicted molar refractivity (Wildman–Crippen MR) is 69.5 cm³/mol. The van der Waals surface area contributed by atoms with E-state index in [2.05, 4.69) is 19.2 Å². The van der Waals surface area contributed by atoms with Crippen LogP contribution in [0.5, 0.6) is 0 Å². The second kappa shape index (κ2) is 5.18. The van der Waals surface area contributed by atoms with Crippen molar-refractivity contribution in [2.75, 3.05) is 13.1 Å². The lowest BCUT2D eigenvalue weighted by Crippen LogP contribution is -2.44. The molecule has 2 atom stereocenters. The van der Waals surface area contributed by atoms with Gasteiger partial charge in [-0.3, -0.25) is 0 Å². The molecule has 0 aliphatic carbocycles. The molecular weight excluding hydrogens is 213 g/mol. The molecule has 1 aliphatic rings. The summed E-state index contributed by atoms with van der Waals surface area (Å²) in [5.74, 6) is 0.595. The third kappa shape index (κ3) is 2.68. The van der Waals surface area contributed by atoms with Crippen molar-refractivity contribution in [3.05, 3.63) is 35.6 Å². The molecule has 0 spiro atoms. The summed E-state index contributed by atoms with van der Waals surface area (Å²) in [6.45, 7) is 6.68. The first-order chi connectivity index (χ1) is 8.15. The fourth-order valence-corrected chi connectivity index (χ4v) is 3.05. The molecule has 0 amide bonds. The van der Waals surface area contributed by atoms with E-state index in [4.69, 9.17) is 0 Å². The molecule has 17 heavy (non-hydrogen) atoms. The first kappa shape index (κ1) is 12.6. The topological polar surface area (TPSA) is 12.0 Å². The van der Waals surface area contributed by atoms with E-state index in [1.807, 2.05) is 12.1 Å². The molecule has 1 heterocycles. The van der Waals surface area contributed by atoms with Crippen LogP contribution in [-0.4, -0.2) is 13.1 Å². The highest BCUT2D eigenvalue weighted by atomic mass is 19.1. The monoisotopic (exact) mass is 235 g/mol. The lowest BCUT2D eigenvalue weighted by atomic mass is 9.67. The van der Waals surface area contributed by atoms with Crippen LogP contribution in [0.2, 0.25) is 0 Å². The smallest absolute Gasteiger partial charge is 0.126 e. The number of nitrogens with one attached hydrogen (secondary N) is 1.